The first kappa shape index (κ1) is 14.8. The number of nitriles is 2. The van der Waals surface area contributed by atoms with Crippen LogP contribution in [0.3, 0.4) is 0 Å². The van der Waals surface area contributed by atoms with Crippen molar-refractivity contribution >= 4 is 11.8 Å². The second-order valence-electron chi connectivity index (χ2n) is 4.66. The van der Waals surface area contributed by atoms with Gasteiger partial charge in [0.1, 0.15) is 0 Å². The van der Waals surface area contributed by atoms with E-state index in [-0.39, 0.29) is 0 Å². The van der Waals surface area contributed by atoms with Crippen LogP contribution in [-0.4, -0.2) is 10.2 Å². The normalized spacial score (nSPS) is 10.0. The molecule has 1 heterocycles. The van der Waals surface area contributed by atoms with Crippen molar-refractivity contribution in [1.29, 1.82) is 10.5 Å². The van der Waals surface area contributed by atoms with Gasteiger partial charge in [-0.1, -0.05) is 23.9 Å². The van der Waals surface area contributed by atoms with Crippen LogP contribution < -0.4 is 0 Å². The van der Waals surface area contributed by atoms with Crippen molar-refractivity contribution in [2.45, 2.75) is 11.0 Å². The van der Waals surface area contributed by atoms with Crippen molar-refractivity contribution in [2.24, 2.45) is 0 Å². The first-order chi connectivity index (χ1) is 11.3. The third-order valence-corrected chi connectivity index (χ3v) is 4.00. The fraction of sp³-hybridized carbons (Fsp3) is 0.0588. The highest BCUT2D eigenvalue weighted by Gasteiger charge is 2.09. The molecule has 0 unspecified atom stereocenters. The van der Waals surface area contributed by atoms with E-state index in [1.165, 1.54) is 11.8 Å². The molecule has 0 aliphatic carbocycles. The van der Waals surface area contributed by atoms with Crippen LogP contribution in [0.15, 0.2) is 58.2 Å². The first-order valence-electron chi connectivity index (χ1n) is 6.74. The number of hydrogen-bond acceptors (Lipinski definition) is 6. The predicted molar refractivity (Wildman–Crippen MR) is 85.2 cm³/mol. The second kappa shape index (κ2) is 6.78. The van der Waals surface area contributed by atoms with Gasteiger partial charge in [0, 0.05) is 11.3 Å². The Kier molecular flexibility index (Phi) is 4.37. The quantitative estimate of drug-likeness (QED) is 0.680. The molecule has 23 heavy (non-hydrogen) atoms. The minimum Gasteiger partial charge on any atom is -0.411 e. The Balaban J connectivity index is 1.66. The van der Waals surface area contributed by atoms with Crippen LogP contribution in [0.5, 0.6) is 0 Å². The zero-order valence-electron chi connectivity index (χ0n) is 11.9. The zero-order chi connectivity index (χ0) is 16.1. The van der Waals surface area contributed by atoms with Gasteiger partial charge >= 0.3 is 0 Å². The molecule has 0 atom stereocenters. The highest BCUT2D eigenvalue weighted by Crippen LogP contribution is 2.25. The summed E-state index contributed by atoms with van der Waals surface area (Å²) in [5.74, 6) is 1.11. The Labute approximate surface area is 137 Å². The lowest BCUT2D eigenvalue weighted by molar-refractivity contribution is 0.466. The third-order valence-electron chi connectivity index (χ3n) is 3.11. The van der Waals surface area contributed by atoms with Crippen molar-refractivity contribution in [3.8, 4) is 23.6 Å². The lowest BCUT2D eigenvalue weighted by Gasteiger charge is -1.98. The molecular weight excluding hydrogens is 308 g/mol. The standard InChI is InChI=1S/C17H10N4OS/c18-9-12-1-3-14(4-2-12)11-23-17-21-20-16(22-17)15-7-5-13(10-19)6-8-15/h1-8H,11H2. The number of thioether (sulfide) groups is 1. The SMILES string of the molecule is N#Cc1ccc(CSc2nnc(-c3ccc(C#N)cc3)o2)cc1. The summed E-state index contributed by atoms with van der Waals surface area (Å²) in [5, 5.41) is 26.1. The molecular formula is C17H10N4OS. The highest BCUT2D eigenvalue weighted by atomic mass is 32.2. The van der Waals surface area contributed by atoms with Gasteiger partial charge in [-0.25, -0.2) is 0 Å². The molecule has 0 fully saturated rings. The highest BCUT2D eigenvalue weighted by molar-refractivity contribution is 7.98. The minimum atomic E-state index is 0.428. The molecule has 2 aromatic carbocycles. The molecule has 0 saturated heterocycles. The Bertz CT molecular complexity index is 886. The molecule has 0 radical (unpaired) electrons. The molecule has 0 bridgehead atoms. The maximum absolute atomic E-state index is 8.79. The summed E-state index contributed by atoms with van der Waals surface area (Å²) >= 11 is 1.43. The molecule has 0 spiro atoms. The molecule has 3 aromatic rings. The largest absolute Gasteiger partial charge is 0.411 e. The van der Waals surface area contributed by atoms with Gasteiger partial charge in [0.25, 0.3) is 5.22 Å². The van der Waals surface area contributed by atoms with E-state index in [0.29, 0.717) is 28.0 Å². The van der Waals surface area contributed by atoms with Crippen LogP contribution in [0.1, 0.15) is 16.7 Å². The van der Waals surface area contributed by atoms with Crippen molar-refractivity contribution in [3.63, 3.8) is 0 Å². The summed E-state index contributed by atoms with van der Waals surface area (Å²) in [6, 6.07) is 18.5. The first-order valence-corrected chi connectivity index (χ1v) is 7.73. The van der Waals surface area contributed by atoms with E-state index in [1.54, 1.807) is 36.4 Å². The molecule has 0 aliphatic heterocycles. The van der Waals surface area contributed by atoms with Crippen LogP contribution in [0.2, 0.25) is 0 Å². The number of benzene rings is 2. The predicted octanol–water partition coefficient (Wildman–Crippen LogP) is 3.77. The van der Waals surface area contributed by atoms with E-state index in [0.717, 1.165) is 11.1 Å². The number of aromatic nitrogens is 2. The Morgan fingerprint density at radius 2 is 1.48 bits per heavy atom. The molecule has 6 heteroatoms. The van der Waals surface area contributed by atoms with Crippen LogP contribution in [0.25, 0.3) is 11.5 Å². The van der Waals surface area contributed by atoms with Gasteiger partial charge < -0.3 is 4.42 Å². The van der Waals surface area contributed by atoms with Crippen molar-refractivity contribution < 1.29 is 4.42 Å². The van der Waals surface area contributed by atoms with E-state index in [2.05, 4.69) is 22.3 Å². The van der Waals surface area contributed by atoms with Gasteiger partial charge in [0.2, 0.25) is 5.89 Å². The number of rotatable bonds is 4. The summed E-state index contributed by atoms with van der Waals surface area (Å²) in [7, 11) is 0. The Morgan fingerprint density at radius 3 is 2.09 bits per heavy atom. The summed E-state index contributed by atoms with van der Waals surface area (Å²) in [6.45, 7) is 0. The van der Waals surface area contributed by atoms with Crippen molar-refractivity contribution in [3.05, 3.63) is 65.2 Å². The summed E-state index contributed by atoms with van der Waals surface area (Å²) in [6.07, 6.45) is 0. The molecule has 110 valence electrons. The van der Waals surface area contributed by atoms with Gasteiger partial charge in [-0.2, -0.15) is 10.5 Å². The van der Waals surface area contributed by atoms with Crippen molar-refractivity contribution in [2.75, 3.05) is 0 Å². The maximum Gasteiger partial charge on any atom is 0.277 e. The lowest BCUT2D eigenvalue weighted by Crippen LogP contribution is -1.81. The van der Waals surface area contributed by atoms with E-state index in [4.69, 9.17) is 14.9 Å². The molecule has 0 saturated carbocycles. The Hall–Kier alpha value is -3.09. The number of hydrogen-bond donors (Lipinski definition) is 0. The van der Waals surface area contributed by atoms with Gasteiger partial charge in [0.15, 0.2) is 0 Å². The van der Waals surface area contributed by atoms with Gasteiger partial charge in [0.05, 0.1) is 23.3 Å². The van der Waals surface area contributed by atoms with Crippen LogP contribution >= 0.6 is 11.8 Å². The lowest BCUT2D eigenvalue weighted by atomic mass is 10.1. The monoisotopic (exact) mass is 318 g/mol. The molecule has 5 nitrogen and oxygen atoms in total. The maximum atomic E-state index is 8.79. The minimum absolute atomic E-state index is 0.428. The van der Waals surface area contributed by atoms with E-state index >= 15 is 0 Å². The summed E-state index contributed by atoms with van der Waals surface area (Å²) in [4.78, 5) is 0. The van der Waals surface area contributed by atoms with E-state index in [1.807, 2.05) is 12.1 Å². The fourth-order valence-electron chi connectivity index (χ4n) is 1.89. The Morgan fingerprint density at radius 1 is 0.870 bits per heavy atom. The summed E-state index contributed by atoms with van der Waals surface area (Å²) < 4.78 is 5.62. The van der Waals surface area contributed by atoms with Crippen LogP contribution in [-0.2, 0) is 5.75 Å². The van der Waals surface area contributed by atoms with Crippen LogP contribution in [0.4, 0.5) is 0 Å². The van der Waals surface area contributed by atoms with Crippen LogP contribution in [0, 0.1) is 22.7 Å². The van der Waals surface area contributed by atoms with Gasteiger partial charge in [-0.15, -0.1) is 10.2 Å². The van der Waals surface area contributed by atoms with E-state index < -0.39 is 0 Å². The van der Waals surface area contributed by atoms with E-state index in [9.17, 15) is 0 Å². The third kappa shape index (κ3) is 3.57. The van der Waals surface area contributed by atoms with Gasteiger partial charge in [-0.05, 0) is 42.0 Å². The molecule has 0 aliphatic rings. The van der Waals surface area contributed by atoms with Gasteiger partial charge in [-0.3, -0.25) is 0 Å². The molecule has 0 amide bonds. The average molecular weight is 318 g/mol. The number of nitrogens with zero attached hydrogens (tertiary/aromatic N) is 4. The van der Waals surface area contributed by atoms with Crippen molar-refractivity contribution in [1.82, 2.24) is 10.2 Å². The second-order valence-corrected chi connectivity index (χ2v) is 5.59. The fourth-order valence-corrected chi connectivity index (χ4v) is 2.61. The smallest absolute Gasteiger partial charge is 0.277 e. The zero-order valence-corrected chi connectivity index (χ0v) is 12.7. The molecule has 0 N–H and O–H groups in total. The molecule has 1 aromatic heterocycles. The average Bonchev–Trinajstić information content (AvgIpc) is 3.09. The molecule has 3 rings (SSSR count). The summed E-state index contributed by atoms with van der Waals surface area (Å²) in [5.41, 5.74) is 3.08. The topological polar surface area (TPSA) is 86.5 Å².